The quantitative estimate of drug-likeness (QED) is 0.547. The van der Waals surface area contributed by atoms with Crippen molar-refractivity contribution >= 4 is 5.97 Å². The van der Waals surface area contributed by atoms with Crippen molar-refractivity contribution in [2.75, 3.05) is 7.11 Å². The lowest BCUT2D eigenvalue weighted by molar-refractivity contribution is -0.141. The highest BCUT2D eigenvalue weighted by Crippen LogP contribution is 2.45. The Morgan fingerprint density at radius 1 is 1.00 bits per heavy atom. The Labute approximate surface area is 145 Å². The minimum Gasteiger partial charge on any atom is -0.497 e. The van der Waals surface area contributed by atoms with E-state index in [2.05, 4.69) is 6.92 Å². The lowest BCUT2D eigenvalue weighted by Crippen LogP contribution is -2.35. The van der Waals surface area contributed by atoms with Crippen LogP contribution in [0.15, 0.2) is 24.3 Å². The summed E-state index contributed by atoms with van der Waals surface area (Å²) in [5.41, 5.74) is 0. The number of benzene rings is 1. The highest BCUT2D eigenvalue weighted by molar-refractivity contribution is 5.75. The minimum absolute atomic E-state index is 0.0469. The first kappa shape index (κ1) is 17.3. The molecule has 132 valence electrons. The van der Waals surface area contributed by atoms with Crippen LogP contribution in [0.1, 0.15) is 58.3 Å². The van der Waals surface area contributed by atoms with E-state index >= 15 is 0 Å². The second-order valence-corrected chi connectivity index (χ2v) is 7.59. The van der Waals surface area contributed by atoms with Crippen LogP contribution in [0, 0.1) is 23.7 Å². The Morgan fingerprint density at radius 2 is 1.67 bits per heavy atom. The molecule has 1 aromatic rings. The zero-order chi connectivity index (χ0) is 16.9. The van der Waals surface area contributed by atoms with Gasteiger partial charge in [-0.2, -0.15) is 0 Å². The van der Waals surface area contributed by atoms with Gasteiger partial charge in [-0.05, 0) is 74.1 Å². The highest BCUT2D eigenvalue weighted by atomic mass is 16.5. The maximum absolute atomic E-state index is 12.5. The van der Waals surface area contributed by atoms with Gasteiger partial charge >= 0.3 is 5.97 Å². The molecule has 0 aromatic heterocycles. The van der Waals surface area contributed by atoms with Gasteiger partial charge in [0.15, 0.2) is 0 Å². The number of hydrogen-bond acceptors (Lipinski definition) is 3. The molecule has 2 aliphatic carbocycles. The van der Waals surface area contributed by atoms with Crippen LogP contribution in [-0.4, -0.2) is 13.1 Å². The Balaban J connectivity index is 1.52. The molecule has 0 saturated heterocycles. The molecule has 2 fully saturated rings. The molecule has 24 heavy (non-hydrogen) atoms. The summed E-state index contributed by atoms with van der Waals surface area (Å²) in [5, 5.41) is 0. The molecule has 2 saturated carbocycles. The second kappa shape index (κ2) is 8.04. The van der Waals surface area contributed by atoms with Gasteiger partial charge < -0.3 is 9.47 Å². The van der Waals surface area contributed by atoms with E-state index in [0.717, 1.165) is 36.3 Å². The van der Waals surface area contributed by atoms with Crippen molar-refractivity contribution in [1.82, 2.24) is 0 Å². The van der Waals surface area contributed by atoms with Crippen LogP contribution in [0.25, 0.3) is 0 Å². The molecule has 1 aromatic carbocycles. The predicted octanol–water partition coefficient (Wildman–Crippen LogP) is 5.23. The van der Waals surface area contributed by atoms with Gasteiger partial charge in [0.25, 0.3) is 0 Å². The van der Waals surface area contributed by atoms with Crippen LogP contribution >= 0.6 is 0 Å². The number of methoxy groups -OCH3 is 1. The summed E-state index contributed by atoms with van der Waals surface area (Å²) in [6.45, 7) is 2.29. The molecule has 0 N–H and O–H groups in total. The molecule has 0 radical (unpaired) electrons. The third kappa shape index (κ3) is 4.12. The van der Waals surface area contributed by atoms with E-state index in [4.69, 9.17) is 9.47 Å². The summed E-state index contributed by atoms with van der Waals surface area (Å²) in [4.78, 5) is 12.5. The number of rotatable bonds is 5. The predicted molar refractivity (Wildman–Crippen MR) is 95.2 cm³/mol. The maximum atomic E-state index is 12.5. The Morgan fingerprint density at radius 3 is 2.38 bits per heavy atom. The van der Waals surface area contributed by atoms with Crippen molar-refractivity contribution in [3.05, 3.63) is 24.3 Å². The number of fused-ring (bicyclic) bond motifs is 1. The van der Waals surface area contributed by atoms with E-state index in [9.17, 15) is 4.79 Å². The van der Waals surface area contributed by atoms with Gasteiger partial charge in [-0.3, -0.25) is 4.79 Å². The number of carbonyl (C=O) groups excluding carboxylic acids is 1. The van der Waals surface area contributed by atoms with E-state index in [-0.39, 0.29) is 11.9 Å². The van der Waals surface area contributed by atoms with Gasteiger partial charge in [0.05, 0.1) is 13.0 Å². The number of ether oxygens (including phenoxy) is 2. The molecule has 4 atom stereocenters. The molecule has 0 heterocycles. The SMILES string of the molecule is CCCC1CCC2C[C@H](C(=O)Oc3ccc(OC)cc3)CC[C@@H]2C1. The molecule has 2 aliphatic rings. The van der Waals surface area contributed by atoms with Crippen LogP contribution in [-0.2, 0) is 4.79 Å². The molecular weight excluding hydrogens is 300 g/mol. The smallest absolute Gasteiger partial charge is 0.314 e. The van der Waals surface area contributed by atoms with E-state index < -0.39 is 0 Å². The van der Waals surface area contributed by atoms with Crippen molar-refractivity contribution in [1.29, 1.82) is 0 Å². The number of hydrogen-bond donors (Lipinski definition) is 0. The van der Waals surface area contributed by atoms with Gasteiger partial charge in [-0.15, -0.1) is 0 Å². The van der Waals surface area contributed by atoms with Crippen LogP contribution in [0.3, 0.4) is 0 Å². The molecular formula is C21H30O3. The molecule has 0 aliphatic heterocycles. The molecule has 0 amide bonds. The summed E-state index contributed by atoms with van der Waals surface area (Å²) < 4.78 is 10.7. The fourth-order valence-corrected chi connectivity index (χ4v) is 4.71. The topological polar surface area (TPSA) is 35.5 Å². The van der Waals surface area contributed by atoms with Crippen LogP contribution in [0.5, 0.6) is 11.5 Å². The van der Waals surface area contributed by atoms with Crippen molar-refractivity contribution in [3.63, 3.8) is 0 Å². The normalized spacial score (nSPS) is 29.6. The van der Waals surface area contributed by atoms with Crippen LogP contribution in [0.4, 0.5) is 0 Å². The second-order valence-electron chi connectivity index (χ2n) is 7.59. The zero-order valence-corrected chi connectivity index (χ0v) is 15.0. The van der Waals surface area contributed by atoms with Gasteiger partial charge in [0.1, 0.15) is 11.5 Å². The van der Waals surface area contributed by atoms with Gasteiger partial charge in [-0.1, -0.05) is 26.2 Å². The third-order valence-electron chi connectivity index (χ3n) is 6.03. The lowest BCUT2D eigenvalue weighted by atomic mass is 9.64. The van der Waals surface area contributed by atoms with Gasteiger partial charge in [-0.25, -0.2) is 0 Å². The largest absolute Gasteiger partial charge is 0.497 e. The van der Waals surface area contributed by atoms with Crippen molar-refractivity contribution < 1.29 is 14.3 Å². The summed E-state index contributed by atoms with van der Waals surface area (Å²) in [7, 11) is 1.63. The average Bonchev–Trinajstić information content (AvgIpc) is 2.62. The minimum atomic E-state index is -0.0469. The number of esters is 1. The average molecular weight is 330 g/mol. The molecule has 2 unspecified atom stereocenters. The number of carbonyl (C=O) groups is 1. The Bertz CT molecular complexity index is 537. The fourth-order valence-electron chi connectivity index (χ4n) is 4.71. The summed E-state index contributed by atoms with van der Waals surface area (Å²) >= 11 is 0. The summed E-state index contributed by atoms with van der Waals surface area (Å²) in [6, 6.07) is 7.26. The molecule has 0 bridgehead atoms. The fraction of sp³-hybridized carbons (Fsp3) is 0.667. The summed E-state index contributed by atoms with van der Waals surface area (Å²) in [5.74, 6) is 3.94. The first-order valence-corrected chi connectivity index (χ1v) is 9.55. The van der Waals surface area contributed by atoms with E-state index in [1.165, 1.54) is 38.5 Å². The van der Waals surface area contributed by atoms with Crippen LogP contribution in [0.2, 0.25) is 0 Å². The third-order valence-corrected chi connectivity index (χ3v) is 6.03. The zero-order valence-electron chi connectivity index (χ0n) is 15.0. The van der Waals surface area contributed by atoms with Crippen molar-refractivity contribution in [2.24, 2.45) is 23.7 Å². The van der Waals surface area contributed by atoms with E-state index in [0.29, 0.717) is 5.75 Å². The molecule has 3 nitrogen and oxygen atoms in total. The lowest BCUT2D eigenvalue weighted by Gasteiger charge is -2.41. The molecule has 3 heteroatoms. The highest BCUT2D eigenvalue weighted by Gasteiger charge is 2.38. The standard InChI is InChI=1S/C21H30O3/c1-3-4-15-5-6-17-14-18(8-7-16(17)13-15)21(22)24-20-11-9-19(23-2)10-12-20/h9-12,15-18H,3-8,13-14H2,1-2H3/t15?,16-,17?,18-/m1/s1. The Kier molecular flexibility index (Phi) is 5.80. The Hall–Kier alpha value is -1.51. The first-order chi connectivity index (χ1) is 11.7. The summed E-state index contributed by atoms with van der Waals surface area (Å²) in [6.07, 6.45) is 9.96. The van der Waals surface area contributed by atoms with Gasteiger partial charge in [0, 0.05) is 0 Å². The van der Waals surface area contributed by atoms with Crippen LogP contribution < -0.4 is 9.47 Å². The maximum Gasteiger partial charge on any atom is 0.314 e. The van der Waals surface area contributed by atoms with Crippen molar-refractivity contribution in [2.45, 2.75) is 58.3 Å². The van der Waals surface area contributed by atoms with Crippen molar-refractivity contribution in [3.8, 4) is 11.5 Å². The van der Waals surface area contributed by atoms with E-state index in [1.807, 2.05) is 12.1 Å². The van der Waals surface area contributed by atoms with Gasteiger partial charge in [0.2, 0.25) is 0 Å². The van der Waals surface area contributed by atoms with E-state index in [1.54, 1.807) is 19.2 Å². The monoisotopic (exact) mass is 330 g/mol. The molecule has 3 rings (SSSR count). The first-order valence-electron chi connectivity index (χ1n) is 9.55. The molecule has 0 spiro atoms.